The normalized spacial score (nSPS) is 18.6. The molecular weight excluding hydrogens is 182 g/mol. The van der Waals surface area contributed by atoms with E-state index in [1.54, 1.807) is 6.08 Å². The first-order valence-electron chi connectivity index (χ1n) is 4.72. The Morgan fingerprint density at radius 2 is 2.38 bits per heavy atom. The highest BCUT2D eigenvalue weighted by Crippen LogP contribution is 2.13. The summed E-state index contributed by atoms with van der Waals surface area (Å²) in [5, 5.41) is 4.00. The van der Waals surface area contributed by atoms with Gasteiger partial charge < -0.3 is 5.32 Å². The molecule has 0 aromatic heterocycles. The molecule has 2 nitrogen and oxygen atoms in total. The van der Waals surface area contributed by atoms with E-state index >= 15 is 0 Å². The molecule has 0 aromatic carbocycles. The Bertz CT molecular complexity index is 213. The largest absolute Gasteiger partial charge is 0.388 e. The SMILES string of the molecule is CSC(C)CCNC1=CC(=O)CC1. The lowest BCUT2D eigenvalue weighted by Crippen LogP contribution is -2.16. The number of hydrogen-bond donors (Lipinski definition) is 1. The third kappa shape index (κ3) is 3.85. The molecule has 1 aliphatic carbocycles. The number of allylic oxidation sites excluding steroid dienone is 2. The number of rotatable bonds is 5. The molecule has 0 heterocycles. The minimum atomic E-state index is 0.264. The predicted octanol–water partition coefficient (Wildman–Crippen LogP) is 1.96. The molecule has 0 saturated carbocycles. The minimum Gasteiger partial charge on any atom is -0.388 e. The Hall–Kier alpha value is -0.440. The molecule has 74 valence electrons. The Morgan fingerprint density at radius 1 is 1.62 bits per heavy atom. The first kappa shape index (κ1) is 10.6. The van der Waals surface area contributed by atoms with Crippen LogP contribution in [0.25, 0.3) is 0 Å². The Morgan fingerprint density at radius 3 is 2.92 bits per heavy atom. The average molecular weight is 199 g/mol. The quantitative estimate of drug-likeness (QED) is 0.734. The number of nitrogens with one attached hydrogen (secondary N) is 1. The summed E-state index contributed by atoms with van der Waals surface area (Å²) in [6.45, 7) is 3.21. The molecule has 0 radical (unpaired) electrons. The van der Waals surface area contributed by atoms with Gasteiger partial charge in [-0.1, -0.05) is 6.92 Å². The van der Waals surface area contributed by atoms with Gasteiger partial charge in [-0.2, -0.15) is 11.8 Å². The van der Waals surface area contributed by atoms with Gasteiger partial charge in [0, 0.05) is 30.0 Å². The van der Waals surface area contributed by atoms with Gasteiger partial charge in [-0.15, -0.1) is 0 Å². The fourth-order valence-electron chi connectivity index (χ4n) is 1.29. The Kier molecular flexibility index (Phi) is 4.36. The van der Waals surface area contributed by atoms with E-state index in [1.165, 1.54) is 0 Å². The van der Waals surface area contributed by atoms with E-state index in [-0.39, 0.29) is 5.78 Å². The lowest BCUT2D eigenvalue weighted by atomic mass is 10.3. The smallest absolute Gasteiger partial charge is 0.157 e. The van der Waals surface area contributed by atoms with Crippen LogP contribution < -0.4 is 5.32 Å². The van der Waals surface area contributed by atoms with Gasteiger partial charge >= 0.3 is 0 Å². The fourth-order valence-corrected chi connectivity index (χ4v) is 1.64. The van der Waals surface area contributed by atoms with Crippen molar-refractivity contribution in [3.05, 3.63) is 11.8 Å². The maximum absolute atomic E-state index is 10.9. The minimum absolute atomic E-state index is 0.264. The zero-order valence-corrected chi connectivity index (χ0v) is 9.12. The fraction of sp³-hybridized carbons (Fsp3) is 0.700. The van der Waals surface area contributed by atoms with Crippen LogP contribution in [0.4, 0.5) is 0 Å². The van der Waals surface area contributed by atoms with Crippen LogP contribution in [0.1, 0.15) is 26.2 Å². The molecule has 1 unspecified atom stereocenters. The highest BCUT2D eigenvalue weighted by atomic mass is 32.2. The molecule has 0 aliphatic heterocycles. The van der Waals surface area contributed by atoms with Crippen LogP contribution in [0.2, 0.25) is 0 Å². The highest BCUT2D eigenvalue weighted by Gasteiger charge is 2.10. The summed E-state index contributed by atoms with van der Waals surface area (Å²) < 4.78 is 0. The van der Waals surface area contributed by atoms with Crippen molar-refractivity contribution in [1.29, 1.82) is 0 Å². The van der Waals surface area contributed by atoms with Gasteiger partial charge in [0.25, 0.3) is 0 Å². The zero-order valence-electron chi connectivity index (χ0n) is 8.30. The summed E-state index contributed by atoms with van der Waals surface area (Å²) in [7, 11) is 0. The first-order chi connectivity index (χ1) is 6.22. The topological polar surface area (TPSA) is 29.1 Å². The summed E-state index contributed by atoms with van der Waals surface area (Å²) in [5.41, 5.74) is 1.12. The molecule has 0 saturated heterocycles. The molecule has 1 rings (SSSR count). The van der Waals surface area contributed by atoms with Crippen LogP contribution in [0.3, 0.4) is 0 Å². The maximum atomic E-state index is 10.9. The first-order valence-corrected chi connectivity index (χ1v) is 6.01. The summed E-state index contributed by atoms with van der Waals surface area (Å²) in [6, 6.07) is 0. The molecule has 1 N–H and O–H groups in total. The van der Waals surface area contributed by atoms with Crippen molar-refractivity contribution in [2.45, 2.75) is 31.4 Å². The lowest BCUT2D eigenvalue weighted by molar-refractivity contribution is -0.114. The number of carbonyl (C=O) groups excluding carboxylic acids is 1. The molecule has 0 spiro atoms. The summed E-state index contributed by atoms with van der Waals surface area (Å²) in [4.78, 5) is 10.9. The second-order valence-electron chi connectivity index (χ2n) is 3.40. The van der Waals surface area contributed by atoms with Crippen LogP contribution >= 0.6 is 11.8 Å². The van der Waals surface area contributed by atoms with E-state index in [9.17, 15) is 4.79 Å². The van der Waals surface area contributed by atoms with Crippen molar-refractivity contribution < 1.29 is 4.79 Å². The number of hydrogen-bond acceptors (Lipinski definition) is 3. The number of carbonyl (C=O) groups is 1. The van der Waals surface area contributed by atoms with Gasteiger partial charge in [0.05, 0.1) is 0 Å². The van der Waals surface area contributed by atoms with E-state index in [2.05, 4.69) is 18.5 Å². The van der Waals surface area contributed by atoms with Crippen molar-refractivity contribution in [3.63, 3.8) is 0 Å². The van der Waals surface area contributed by atoms with Gasteiger partial charge in [-0.05, 0) is 19.1 Å². The average Bonchev–Trinajstić information content (AvgIpc) is 2.51. The molecule has 0 fully saturated rings. The van der Waals surface area contributed by atoms with Crippen molar-refractivity contribution in [1.82, 2.24) is 5.32 Å². The lowest BCUT2D eigenvalue weighted by Gasteiger charge is -2.10. The predicted molar refractivity (Wildman–Crippen MR) is 57.9 cm³/mol. The van der Waals surface area contributed by atoms with Gasteiger partial charge in [0.15, 0.2) is 5.78 Å². The molecule has 0 aromatic rings. The van der Waals surface area contributed by atoms with E-state index in [4.69, 9.17) is 0 Å². The molecule has 1 atom stereocenters. The molecular formula is C10H17NOS. The van der Waals surface area contributed by atoms with Crippen LogP contribution in [-0.4, -0.2) is 23.8 Å². The molecule has 13 heavy (non-hydrogen) atoms. The molecule has 1 aliphatic rings. The van der Waals surface area contributed by atoms with E-state index in [0.29, 0.717) is 11.7 Å². The van der Waals surface area contributed by atoms with Gasteiger partial charge in [0.2, 0.25) is 0 Å². The molecule has 0 amide bonds. The third-order valence-corrected chi connectivity index (χ3v) is 3.32. The molecule has 0 bridgehead atoms. The van der Waals surface area contributed by atoms with Crippen molar-refractivity contribution in [3.8, 4) is 0 Å². The van der Waals surface area contributed by atoms with Gasteiger partial charge in [0.1, 0.15) is 0 Å². The van der Waals surface area contributed by atoms with E-state index < -0.39 is 0 Å². The van der Waals surface area contributed by atoms with E-state index in [1.807, 2.05) is 11.8 Å². The maximum Gasteiger partial charge on any atom is 0.157 e. The van der Waals surface area contributed by atoms with Crippen molar-refractivity contribution in [2.24, 2.45) is 0 Å². The zero-order chi connectivity index (χ0) is 9.68. The standard InChI is InChI=1S/C10H17NOS/c1-8(13-2)5-6-11-9-3-4-10(12)7-9/h7-8,11H,3-6H2,1-2H3. The third-order valence-electron chi connectivity index (χ3n) is 2.28. The monoisotopic (exact) mass is 199 g/mol. The Balaban J connectivity index is 2.13. The second kappa shape index (κ2) is 5.32. The highest BCUT2D eigenvalue weighted by molar-refractivity contribution is 7.99. The van der Waals surface area contributed by atoms with Crippen LogP contribution in [0.15, 0.2) is 11.8 Å². The second-order valence-corrected chi connectivity index (χ2v) is 4.67. The summed E-state index contributed by atoms with van der Waals surface area (Å²) in [5.74, 6) is 0.264. The van der Waals surface area contributed by atoms with Crippen LogP contribution in [0.5, 0.6) is 0 Å². The number of thioether (sulfide) groups is 1. The Labute approximate surface area is 84.2 Å². The van der Waals surface area contributed by atoms with Crippen molar-refractivity contribution >= 4 is 17.5 Å². The van der Waals surface area contributed by atoms with Crippen LogP contribution in [0, 0.1) is 0 Å². The van der Waals surface area contributed by atoms with Gasteiger partial charge in [-0.25, -0.2) is 0 Å². The number of ketones is 1. The van der Waals surface area contributed by atoms with E-state index in [0.717, 1.165) is 25.1 Å². The van der Waals surface area contributed by atoms with Crippen LogP contribution in [-0.2, 0) is 4.79 Å². The summed E-state index contributed by atoms with van der Waals surface area (Å²) >= 11 is 1.88. The van der Waals surface area contributed by atoms with Crippen molar-refractivity contribution in [2.75, 3.05) is 12.8 Å². The van der Waals surface area contributed by atoms with Gasteiger partial charge in [-0.3, -0.25) is 4.79 Å². The summed E-state index contributed by atoms with van der Waals surface area (Å²) in [6.07, 6.45) is 6.63. The molecule has 3 heteroatoms.